The molecule has 0 radical (unpaired) electrons. The first kappa shape index (κ1) is 15.2. The van der Waals surface area contributed by atoms with E-state index in [-0.39, 0.29) is 11.8 Å². The Labute approximate surface area is 134 Å². The minimum absolute atomic E-state index is 0.0575. The fourth-order valence-electron chi connectivity index (χ4n) is 2.70. The van der Waals surface area contributed by atoms with Crippen LogP contribution in [0.4, 0.5) is 5.82 Å². The molecule has 7 heteroatoms. The quantitative estimate of drug-likeness (QED) is 0.914. The van der Waals surface area contributed by atoms with Crippen molar-refractivity contribution in [1.82, 2.24) is 20.1 Å². The van der Waals surface area contributed by atoms with Gasteiger partial charge in [0, 0.05) is 18.7 Å². The van der Waals surface area contributed by atoms with Gasteiger partial charge < -0.3 is 5.32 Å². The highest BCUT2D eigenvalue weighted by molar-refractivity contribution is 6.00. The molecule has 1 N–H and O–H groups in total. The molecule has 0 saturated heterocycles. The molecule has 0 saturated carbocycles. The minimum atomic E-state index is -0.596. The van der Waals surface area contributed by atoms with Crippen LogP contribution in [0.3, 0.4) is 0 Å². The van der Waals surface area contributed by atoms with Gasteiger partial charge >= 0.3 is 0 Å². The predicted molar refractivity (Wildman–Crippen MR) is 84.6 cm³/mol. The Bertz CT molecular complexity index is 725. The summed E-state index contributed by atoms with van der Waals surface area (Å²) in [5.41, 5.74) is 1.61. The number of carbonyl (C=O) groups excluding carboxylic acids is 2. The highest BCUT2D eigenvalue weighted by Crippen LogP contribution is 2.24. The van der Waals surface area contributed by atoms with E-state index in [0.717, 1.165) is 11.4 Å². The third-order valence-electron chi connectivity index (χ3n) is 3.87. The second kappa shape index (κ2) is 6.20. The molecule has 23 heavy (non-hydrogen) atoms. The molecule has 0 aliphatic carbocycles. The number of rotatable bonds is 4. The van der Waals surface area contributed by atoms with Crippen molar-refractivity contribution < 1.29 is 9.59 Å². The maximum atomic E-state index is 12.4. The highest BCUT2D eigenvalue weighted by Gasteiger charge is 2.32. The van der Waals surface area contributed by atoms with E-state index in [4.69, 9.17) is 0 Å². The van der Waals surface area contributed by atoms with E-state index in [9.17, 15) is 9.59 Å². The van der Waals surface area contributed by atoms with Crippen LogP contribution in [0.1, 0.15) is 24.7 Å². The summed E-state index contributed by atoms with van der Waals surface area (Å²) in [6, 6.07) is 6.77. The van der Waals surface area contributed by atoms with E-state index >= 15 is 0 Å². The van der Waals surface area contributed by atoms with Gasteiger partial charge in [0.15, 0.2) is 0 Å². The van der Waals surface area contributed by atoms with Crippen LogP contribution in [-0.4, -0.2) is 32.6 Å². The van der Waals surface area contributed by atoms with Gasteiger partial charge in [-0.15, -0.1) is 0 Å². The van der Waals surface area contributed by atoms with E-state index in [0.29, 0.717) is 25.3 Å². The lowest BCUT2D eigenvalue weighted by atomic mass is 10.2. The number of anilines is 1. The number of hydrogen-bond acceptors (Lipinski definition) is 4. The lowest BCUT2D eigenvalue weighted by Crippen LogP contribution is -2.50. The van der Waals surface area contributed by atoms with Gasteiger partial charge in [-0.2, -0.15) is 5.10 Å². The molecule has 3 heterocycles. The average molecular weight is 313 g/mol. The van der Waals surface area contributed by atoms with Crippen LogP contribution >= 0.6 is 0 Å². The summed E-state index contributed by atoms with van der Waals surface area (Å²) in [6.07, 6.45) is 2.03. The third-order valence-corrected chi connectivity index (χ3v) is 3.87. The zero-order valence-electron chi connectivity index (χ0n) is 13.2. The van der Waals surface area contributed by atoms with Crippen molar-refractivity contribution in [1.29, 1.82) is 0 Å². The summed E-state index contributed by atoms with van der Waals surface area (Å²) in [6.45, 7) is 4.49. The zero-order valence-corrected chi connectivity index (χ0v) is 13.2. The van der Waals surface area contributed by atoms with E-state index in [2.05, 4.69) is 15.4 Å². The third kappa shape index (κ3) is 3.08. The SMILES string of the molecule is Cc1cc2n(n1)CCC(=O)N2C(C)C(=O)NCc1ccccn1. The Morgan fingerprint density at radius 2 is 2.26 bits per heavy atom. The molecule has 0 fully saturated rings. The Balaban J connectivity index is 1.73. The van der Waals surface area contributed by atoms with Crippen molar-refractivity contribution in [2.45, 2.75) is 39.4 Å². The molecule has 7 nitrogen and oxygen atoms in total. The minimum Gasteiger partial charge on any atom is -0.349 e. The van der Waals surface area contributed by atoms with Crippen molar-refractivity contribution in [3.63, 3.8) is 0 Å². The van der Waals surface area contributed by atoms with Gasteiger partial charge in [-0.1, -0.05) is 6.07 Å². The van der Waals surface area contributed by atoms with E-state index in [1.54, 1.807) is 17.8 Å². The van der Waals surface area contributed by atoms with Gasteiger partial charge in [0.25, 0.3) is 0 Å². The van der Waals surface area contributed by atoms with Crippen LogP contribution in [-0.2, 0) is 22.7 Å². The molecular weight excluding hydrogens is 294 g/mol. The number of pyridine rings is 1. The number of carbonyl (C=O) groups is 2. The largest absolute Gasteiger partial charge is 0.349 e. The fourth-order valence-corrected chi connectivity index (χ4v) is 2.70. The van der Waals surface area contributed by atoms with Crippen molar-refractivity contribution in [2.75, 3.05) is 4.90 Å². The van der Waals surface area contributed by atoms with Crippen LogP contribution in [0.5, 0.6) is 0 Å². The summed E-state index contributed by atoms with van der Waals surface area (Å²) in [7, 11) is 0. The van der Waals surface area contributed by atoms with Gasteiger partial charge in [0.05, 0.1) is 24.5 Å². The highest BCUT2D eigenvalue weighted by atomic mass is 16.2. The molecule has 0 bridgehead atoms. The second-order valence-electron chi connectivity index (χ2n) is 5.60. The lowest BCUT2D eigenvalue weighted by Gasteiger charge is -2.31. The maximum Gasteiger partial charge on any atom is 0.243 e. The standard InChI is InChI=1S/C16H19N5O2/c1-11-9-14-20(19-11)8-6-15(22)21(14)12(2)16(23)18-10-13-5-3-4-7-17-13/h3-5,7,9,12H,6,8,10H2,1-2H3,(H,18,23). The molecule has 1 unspecified atom stereocenters. The normalized spacial score (nSPS) is 15.2. The monoisotopic (exact) mass is 313 g/mol. The van der Waals surface area contributed by atoms with Gasteiger partial charge in [-0.3, -0.25) is 19.5 Å². The zero-order chi connectivity index (χ0) is 16.4. The summed E-state index contributed by atoms with van der Waals surface area (Å²) in [5.74, 6) is 0.411. The number of nitrogens with one attached hydrogen (secondary N) is 1. The number of aromatic nitrogens is 3. The summed E-state index contributed by atoms with van der Waals surface area (Å²) in [5, 5.41) is 7.18. The van der Waals surface area contributed by atoms with Crippen LogP contribution < -0.4 is 10.2 Å². The summed E-state index contributed by atoms with van der Waals surface area (Å²) < 4.78 is 1.78. The van der Waals surface area contributed by atoms with Crippen LogP contribution in [0.2, 0.25) is 0 Å². The Morgan fingerprint density at radius 1 is 1.43 bits per heavy atom. The molecule has 3 rings (SSSR count). The van der Waals surface area contributed by atoms with Crippen molar-refractivity contribution in [2.24, 2.45) is 0 Å². The predicted octanol–water partition coefficient (Wildman–Crippen LogP) is 1.03. The first-order valence-corrected chi connectivity index (χ1v) is 7.60. The first-order valence-electron chi connectivity index (χ1n) is 7.60. The van der Waals surface area contributed by atoms with Crippen molar-refractivity contribution in [3.05, 3.63) is 41.9 Å². The molecule has 1 aliphatic rings. The lowest BCUT2D eigenvalue weighted by molar-refractivity contribution is -0.126. The van der Waals surface area contributed by atoms with E-state index in [1.165, 1.54) is 4.90 Å². The number of fused-ring (bicyclic) bond motifs is 1. The number of aryl methyl sites for hydroxylation is 2. The van der Waals surface area contributed by atoms with Crippen LogP contribution in [0, 0.1) is 6.92 Å². The second-order valence-corrected chi connectivity index (χ2v) is 5.60. The smallest absolute Gasteiger partial charge is 0.243 e. The van der Waals surface area contributed by atoms with Gasteiger partial charge in [0.1, 0.15) is 11.9 Å². The molecule has 2 aromatic rings. The first-order chi connectivity index (χ1) is 11.1. The number of amides is 2. The van der Waals surface area contributed by atoms with Gasteiger partial charge in [-0.05, 0) is 26.0 Å². The molecule has 0 aromatic carbocycles. The topological polar surface area (TPSA) is 80.1 Å². The number of hydrogen-bond donors (Lipinski definition) is 1. The van der Waals surface area contributed by atoms with Gasteiger partial charge in [0.2, 0.25) is 11.8 Å². The van der Waals surface area contributed by atoms with Crippen molar-refractivity contribution in [3.8, 4) is 0 Å². The van der Waals surface area contributed by atoms with Crippen LogP contribution in [0.15, 0.2) is 30.5 Å². The summed E-state index contributed by atoms with van der Waals surface area (Å²) in [4.78, 5) is 30.4. The van der Waals surface area contributed by atoms with Crippen molar-refractivity contribution >= 4 is 17.6 Å². The Hall–Kier alpha value is -2.70. The van der Waals surface area contributed by atoms with Gasteiger partial charge in [-0.25, -0.2) is 4.68 Å². The average Bonchev–Trinajstić information content (AvgIpc) is 2.93. The van der Waals surface area contributed by atoms with E-state index < -0.39 is 6.04 Å². The van der Waals surface area contributed by atoms with Crippen LogP contribution in [0.25, 0.3) is 0 Å². The Kier molecular flexibility index (Phi) is 4.10. The maximum absolute atomic E-state index is 12.4. The molecule has 0 spiro atoms. The summed E-state index contributed by atoms with van der Waals surface area (Å²) >= 11 is 0. The molecule has 1 aliphatic heterocycles. The molecule has 120 valence electrons. The fraction of sp³-hybridized carbons (Fsp3) is 0.375. The molecular formula is C16H19N5O2. The van der Waals surface area contributed by atoms with E-state index in [1.807, 2.05) is 31.2 Å². The molecule has 2 aromatic heterocycles. The molecule has 1 atom stereocenters. The molecule has 2 amide bonds. The Morgan fingerprint density at radius 3 is 3.00 bits per heavy atom. The number of nitrogens with zero attached hydrogens (tertiary/aromatic N) is 4.